The number of carbonyl (C=O) groups is 1. The average Bonchev–Trinajstić information content (AvgIpc) is 3.11. The van der Waals surface area contributed by atoms with Crippen molar-refractivity contribution in [1.82, 2.24) is 4.90 Å². The summed E-state index contributed by atoms with van der Waals surface area (Å²) < 4.78 is 11.0. The summed E-state index contributed by atoms with van der Waals surface area (Å²) in [5.74, 6) is 1.65. The minimum Gasteiger partial charge on any atom is -0.493 e. The molecule has 2 heterocycles. The van der Waals surface area contributed by atoms with E-state index in [-0.39, 0.29) is 17.4 Å². The minimum absolute atomic E-state index is 0.0328. The lowest BCUT2D eigenvalue weighted by Gasteiger charge is -2.38. The molecule has 2 aromatic rings. The van der Waals surface area contributed by atoms with Crippen LogP contribution in [0.4, 0.5) is 0 Å². The molecule has 1 amide bonds. The molecule has 1 aromatic heterocycles. The van der Waals surface area contributed by atoms with E-state index in [9.17, 15) is 4.79 Å². The summed E-state index contributed by atoms with van der Waals surface area (Å²) in [7, 11) is 3.30. The number of thiophene rings is 1. The quantitative estimate of drug-likeness (QED) is 0.781. The van der Waals surface area contributed by atoms with Crippen LogP contribution in [-0.4, -0.2) is 31.6 Å². The van der Waals surface area contributed by atoms with E-state index in [4.69, 9.17) is 9.47 Å². The lowest BCUT2D eigenvalue weighted by atomic mass is 9.87. The number of rotatable bonds is 4. The maximum absolute atomic E-state index is 13.1. The van der Waals surface area contributed by atoms with Gasteiger partial charge in [-0.25, -0.2) is 0 Å². The molecule has 0 aliphatic carbocycles. The van der Waals surface area contributed by atoms with Gasteiger partial charge in [0.25, 0.3) is 0 Å². The molecule has 0 saturated carbocycles. The fourth-order valence-corrected chi connectivity index (χ4v) is 4.38. The molecule has 0 spiro atoms. The normalized spacial score (nSPS) is 17.0. The van der Waals surface area contributed by atoms with E-state index >= 15 is 0 Å². The van der Waals surface area contributed by atoms with Crippen LogP contribution in [0.15, 0.2) is 29.6 Å². The highest BCUT2D eigenvalue weighted by Crippen LogP contribution is 2.42. The molecule has 5 heteroatoms. The fourth-order valence-electron chi connectivity index (χ4n) is 3.52. The van der Waals surface area contributed by atoms with Gasteiger partial charge in [0.05, 0.1) is 20.3 Å². The largest absolute Gasteiger partial charge is 0.493 e. The van der Waals surface area contributed by atoms with Gasteiger partial charge in [-0.15, -0.1) is 11.3 Å². The van der Waals surface area contributed by atoms with Crippen LogP contribution in [0.1, 0.15) is 49.2 Å². The van der Waals surface area contributed by atoms with Gasteiger partial charge in [-0.3, -0.25) is 4.79 Å². The maximum Gasteiger partial charge on any atom is 0.223 e. The standard InChI is InChI=1S/C21H27NO3S/c1-21(2,3)13-19(23)22-9-8-14-11-16(24-4)17(25-5)12-15(14)20(22)18-7-6-10-26-18/h6-7,10-12,20H,8-9,13H2,1-5H3/t20-/m0/s1. The predicted molar refractivity (Wildman–Crippen MR) is 105 cm³/mol. The molecular weight excluding hydrogens is 346 g/mol. The van der Waals surface area contributed by atoms with Crippen molar-refractivity contribution >= 4 is 17.2 Å². The Bertz CT molecular complexity index is 777. The topological polar surface area (TPSA) is 38.8 Å². The second-order valence-corrected chi connectivity index (χ2v) is 8.88. The van der Waals surface area contributed by atoms with Crippen molar-refractivity contribution in [2.45, 2.75) is 39.7 Å². The molecule has 0 radical (unpaired) electrons. The van der Waals surface area contributed by atoms with E-state index in [1.807, 2.05) is 17.0 Å². The molecule has 140 valence electrons. The zero-order valence-corrected chi connectivity index (χ0v) is 17.0. The first-order valence-corrected chi connectivity index (χ1v) is 9.79. The summed E-state index contributed by atoms with van der Waals surface area (Å²) in [6.45, 7) is 7.05. The maximum atomic E-state index is 13.1. The fraction of sp³-hybridized carbons (Fsp3) is 0.476. The third kappa shape index (κ3) is 3.73. The Morgan fingerprint density at radius 2 is 1.92 bits per heavy atom. The highest BCUT2D eigenvalue weighted by Gasteiger charge is 2.35. The molecule has 0 unspecified atom stereocenters. The van der Waals surface area contributed by atoms with E-state index < -0.39 is 0 Å². The van der Waals surface area contributed by atoms with Crippen molar-refractivity contribution in [2.75, 3.05) is 20.8 Å². The van der Waals surface area contributed by atoms with Crippen LogP contribution in [0, 0.1) is 5.41 Å². The lowest BCUT2D eigenvalue weighted by Crippen LogP contribution is -2.41. The number of carbonyl (C=O) groups excluding carboxylic acids is 1. The molecule has 1 atom stereocenters. The zero-order chi connectivity index (χ0) is 18.9. The molecule has 1 aromatic carbocycles. The van der Waals surface area contributed by atoms with E-state index in [2.05, 4.69) is 38.3 Å². The van der Waals surface area contributed by atoms with E-state index in [1.165, 1.54) is 10.4 Å². The summed E-state index contributed by atoms with van der Waals surface area (Å²) in [6.07, 6.45) is 1.37. The summed E-state index contributed by atoms with van der Waals surface area (Å²) in [5.41, 5.74) is 2.33. The summed E-state index contributed by atoms with van der Waals surface area (Å²) >= 11 is 1.69. The first-order chi connectivity index (χ1) is 12.3. The Balaban J connectivity index is 2.07. The van der Waals surface area contributed by atoms with Crippen LogP contribution < -0.4 is 9.47 Å². The van der Waals surface area contributed by atoms with Gasteiger partial charge in [0.2, 0.25) is 5.91 Å². The molecule has 4 nitrogen and oxygen atoms in total. The van der Waals surface area contributed by atoms with Gasteiger partial charge in [0, 0.05) is 17.8 Å². The Morgan fingerprint density at radius 3 is 2.50 bits per heavy atom. The average molecular weight is 374 g/mol. The van der Waals surface area contributed by atoms with Crippen LogP contribution in [-0.2, 0) is 11.2 Å². The molecule has 1 aliphatic rings. The Morgan fingerprint density at radius 1 is 1.23 bits per heavy atom. The smallest absolute Gasteiger partial charge is 0.223 e. The third-order valence-electron chi connectivity index (χ3n) is 4.69. The molecule has 0 saturated heterocycles. The highest BCUT2D eigenvalue weighted by atomic mass is 32.1. The van der Waals surface area contributed by atoms with E-state index in [0.29, 0.717) is 12.2 Å². The minimum atomic E-state index is -0.0617. The molecule has 26 heavy (non-hydrogen) atoms. The highest BCUT2D eigenvalue weighted by molar-refractivity contribution is 7.10. The van der Waals surface area contributed by atoms with Gasteiger partial charge >= 0.3 is 0 Å². The summed E-state index contributed by atoms with van der Waals surface area (Å²) in [6, 6.07) is 8.18. The Kier molecular flexibility index (Phi) is 5.28. The van der Waals surface area contributed by atoms with Crippen LogP contribution in [0.3, 0.4) is 0 Å². The molecule has 0 bridgehead atoms. The number of benzene rings is 1. The Labute approximate surface area is 159 Å². The number of amides is 1. The molecule has 1 aliphatic heterocycles. The monoisotopic (exact) mass is 373 g/mol. The van der Waals surface area contributed by atoms with Gasteiger partial charge in [0.1, 0.15) is 0 Å². The van der Waals surface area contributed by atoms with E-state index in [1.54, 1.807) is 25.6 Å². The van der Waals surface area contributed by atoms with Gasteiger partial charge in [-0.05, 0) is 46.5 Å². The van der Waals surface area contributed by atoms with Gasteiger partial charge < -0.3 is 14.4 Å². The molecule has 0 N–H and O–H groups in total. The number of nitrogens with zero attached hydrogens (tertiary/aromatic N) is 1. The van der Waals surface area contributed by atoms with Crippen LogP contribution in [0.2, 0.25) is 0 Å². The van der Waals surface area contributed by atoms with Gasteiger partial charge in [0.15, 0.2) is 11.5 Å². The van der Waals surface area contributed by atoms with Crippen LogP contribution in [0.25, 0.3) is 0 Å². The number of ether oxygens (including phenoxy) is 2. The third-order valence-corrected chi connectivity index (χ3v) is 5.61. The number of methoxy groups -OCH3 is 2. The predicted octanol–water partition coefficient (Wildman–Crippen LogP) is 4.68. The second-order valence-electron chi connectivity index (χ2n) is 7.90. The van der Waals surface area contributed by atoms with Crippen molar-refractivity contribution in [3.8, 4) is 11.5 Å². The van der Waals surface area contributed by atoms with Crippen molar-refractivity contribution in [3.63, 3.8) is 0 Å². The van der Waals surface area contributed by atoms with Crippen molar-refractivity contribution in [3.05, 3.63) is 45.6 Å². The zero-order valence-electron chi connectivity index (χ0n) is 16.2. The SMILES string of the molecule is COc1cc2c(cc1OC)[C@@H](c1cccs1)N(C(=O)CC(C)(C)C)CC2. The molecule has 0 fully saturated rings. The molecular formula is C21H27NO3S. The Hall–Kier alpha value is -2.01. The molecule has 3 rings (SSSR count). The van der Waals surface area contributed by atoms with Crippen LogP contribution in [0.5, 0.6) is 11.5 Å². The first kappa shape index (κ1) is 18.8. The van der Waals surface area contributed by atoms with Crippen molar-refractivity contribution < 1.29 is 14.3 Å². The van der Waals surface area contributed by atoms with Gasteiger partial charge in [-0.1, -0.05) is 26.8 Å². The van der Waals surface area contributed by atoms with E-state index in [0.717, 1.165) is 24.3 Å². The number of hydrogen-bond donors (Lipinski definition) is 0. The summed E-state index contributed by atoms with van der Waals surface area (Å²) in [5, 5.41) is 2.07. The van der Waals surface area contributed by atoms with Crippen molar-refractivity contribution in [1.29, 1.82) is 0 Å². The number of hydrogen-bond acceptors (Lipinski definition) is 4. The lowest BCUT2D eigenvalue weighted by molar-refractivity contribution is -0.135. The van der Waals surface area contributed by atoms with Crippen LogP contribution >= 0.6 is 11.3 Å². The van der Waals surface area contributed by atoms with Gasteiger partial charge in [-0.2, -0.15) is 0 Å². The second kappa shape index (κ2) is 7.31. The van der Waals surface area contributed by atoms with Crippen molar-refractivity contribution in [2.24, 2.45) is 5.41 Å². The summed E-state index contributed by atoms with van der Waals surface area (Å²) in [4.78, 5) is 16.3. The number of fused-ring (bicyclic) bond motifs is 1. The first-order valence-electron chi connectivity index (χ1n) is 8.91.